The molecule has 2 rings (SSSR count). The van der Waals surface area contributed by atoms with Crippen LogP contribution in [0.5, 0.6) is 0 Å². The van der Waals surface area contributed by atoms with Crippen LogP contribution in [0.25, 0.3) is 0 Å². The van der Waals surface area contributed by atoms with Crippen LogP contribution in [0.2, 0.25) is 0 Å². The molecule has 1 atom stereocenters. The molecule has 1 fully saturated rings. The van der Waals surface area contributed by atoms with Crippen molar-refractivity contribution < 1.29 is 8.42 Å². The van der Waals surface area contributed by atoms with Gasteiger partial charge in [-0.05, 0) is 30.5 Å². The van der Waals surface area contributed by atoms with Gasteiger partial charge >= 0.3 is 0 Å². The summed E-state index contributed by atoms with van der Waals surface area (Å²) in [5.41, 5.74) is 6.40. The lowest BCUT2D eigenvalue weighted by Crippen LogP contribution is -2.31. The fourth-order valence-corrected chi connectivity index (χ4v) is 5.07. The van der Waals surface area contributed by atoms with E-state index < -0.39 is 10.0 Å². The number of hydrogen-bond acceptors (Lipinski definition) is 4. The highest BCUT2D eigenvalue weighted by molar-refractivity contribution is 8.00. The highest BCUT2D eigenvalue weighted by Gasteiger charge is 2.28. The van der Waals surface area contributed by atoms with Crippen molar-refractivity contribution in [2.24, 2.45) is 5.92 Å². The van der Waals surface area contributed by atoms with Gasteiger partial charge in [-0.3, -0.25) is 0 Å². The van der Waals surface area contributed by atoms with Gasteiger partial charge in [0, 0.05) is 29.4 Å². The molecule has 1 saturated heterocycles. The molecule has 1 aromatic carbocycles. The summed E-state index contributed by atoms with van der Waals surface area (Å²) < 4.78 is 25.9. The zero-order valence-electron chi connectivity index (χ0n) is 11.1. The van der Waals surface area contributed by atoms with Crippen molar-refractivity contribution >= 4 is 27.5 Å². The molecule has 6 heteroatoms. The minimum Gasteiger partial charge on any atom is -0.399 e. The van der Waals surface area contributed by atoms with Crippen LogP contribution >= 0.6 is 11.8 Å². The maximum Gasteiger partial charge on any atom is 0.214 e. The summed E-state index contributed by atoms with van der Waals surface area (Å²) in [4.78, 5) is 1.02. The first-order valence-corrected chi connectivity index (χ1v) is 9.03. The molecule has 0 radical (unpaired) electrons. The molecular weight excluding hydrogens is 280 g/mol. The molecule has 0 saturated carbocycles. The van der Waals surface area contributed by atoms with Gasteiger partial charge in [0.05, 0.1) is 5.75 Å². The number of sulfonamides is 1. The molecule has 0 aromatic heterocycles. The summed E-state index contributed by atoms with van der Waals surface area (Å²) >= 11 is 1.54. The van der Waals surface area contributed by atoms with Crippen LogP contribution in [0.4, 0.5) is 5.69 Å². The number of nitrogen functional groups attached to an aromatic ring is 1. The molecular formula is C13H20N2O2S2. The first kappa shape index (κ1) is 14.7. The van der Waals surface area contributed by atoms with Gasteiger partial charge in [0.2, 0.25) is 10.0 Å². The maximum absolute atomic E-state index is 12.1. The topological polar surface area (TPSA) is 63.4 Å². The largest absolute Gasteiger partial charge is 0.399 e. The lowest BCUT2D eigenvalue weighted by atomic mass is 10.2. The van der Waals surface area contributed by atoms with Gasteiger partial charge in [0.15, 0.2) is 0 Å². The van der Waals surface area contributed by atoms with E-state index in [1.165, 1.54) is 11.8 Å². The van der Waals surface area contributed by atoms with Gasteiger partial charge < -0.3 is 5.73 Å². The number of benzene rings is 1. The SMILES string of the molecule is CC1CCN(S(=O)(=O)CCSc2cccc(N)c2)C1. The molecule has 4 nitrogen and oxygen atoms in total. The van der Waals surface area contributed by atoms with Crippen LogP contribution in [-0.2, 0) is 10.0 Å². The Morgan fingerprint density at radius 2 is 2.26 bits per heavy atom. The molecule has 1 heterocycles. The minimum atomic E-state index is -3.09. The van der Waals surface area contributed by atoms with Crippen LogP contribution in [0.3, 0.4) is 0 Å². The number of thioether (sulfide) groups is 1. The Bertz CT molecular complexity index is 531. The van der Waals surface area contributed by atoms with E-state index in [1.54, 1.807) is 4.31 Å². The molecule has 0 spiro atoms. The first-order valence-electron chi connectivity index (χ1n) is 6.43. The number of nitrogens with two attached hydrogens (primary N) is 1. The molecule has 0 bridgehead atoms. The van der Waals surface area contributed by atoms with Crippen molar-refractivity contribution in [3.8, 4) is 0 Å². The minimum absolute atomic E-state index is 0.194. The van der Waals surface area contributed by atoms with Crippen molar-refractivity contribution in [3.05, 3.63) is 24.3 Å². The van der Waals surface area contributed by atoms with Crippen molar-refractivity contribution in [3.63, 3.8) is 0 Å². The normalized spacial score (nSPS) is 20.8. The van der Waals surface area contributed by atoms with Gasteiger partial charge in [-0.1, -0.05) is 13.0 Å². The zero-order valence-corrected chi connectivity index (χ0v) is 12.7. The summed E-state index contributed by atoms with van der Waals surface area (Å²) in [6, 6.07) is 7.53. The van der Waals surface area contributed by atoms with Crippen molar-refractivity contribution in [1.29, 1.82) is 0 Å². The Balaban J connectivity index is 1.85. The standard InChI is InChI=1S/C13H20N2O2S2/c1-11-5-6-15(10-11)19(16,17)8-7-18-13-4-2-3-12(14)9-13/h2-4,9,11H,5-8,10,14H2,1H3. The monoisotopic (exact) mass is 300 g/mol. The predicted octanol–water partition coefficient (Wildman–Crippen LogP) is 2.03. The molecule has 106 valence electrons. The van der Waals surface area contributed by atoms with E-state index in [0.717, 1.165) is 11.3 Å². The van der Waals surface area contributed by atoms with Crippen LogP contribution in [0, 0.1) is 5.92 Å². The molecule has 1 unspecified atom stereocenters. The second-order valence-electron chi connectivity index (χ2n) is 4.99. The van der Waals surface area contributed by atoms with Crippen LogP contribution < -0.4 is 5.73 Å². The fourth-order valence-electron chi connectivity index (χ4n) is 2.15. The Morgan fingerprint density at radius 3 is 2.89 bits per heavy atom. The summed E-state index contributed by atoms with van der Waals surface area (Å²) in [7, 11) is -3.09. The van der Waals surface area contributed by atoms with Crippen molar-refractivity contribution in [1.82, 2.24) is 4.31 Å². The zero-order chi connectivity index (χ0) is 13.9. The third-order valence-corrected chi connectivity index (χ3v) is 6.34. The Morgan fingerprint density at radius 1 is 1.47 bits per heavy atom. The van der Waals surface area contributed by atoms with Gasteiger partial charge in [-0.15, -0.1) is 11.8 Å². The average Bonchev–Trinajstić information content (AvgIpc) is 2.76. The highest BCUT2D eigenvalue weighted by atomic mass is 32.2. The van der Waals surface area contributed by atoms with E-state index in [0.29, 0.717) is 30.4 Å². The van der Waals surface area contributed by atoms with E-state index in [9.17, 15) is 8.42 Å². The fraction of sp³-hybridized carbons (Fsp3) is 0.538. The second kappa shape index (κ2) is 6.15. The molecule has 1 aliphatic heterocycles. The summed E-state index contributed by atoms with van der Waals surface area (Å²) in [6.07, 6.45) is 0.974. The molecule has 0 aliphatic carbocycles. The first-order chi connectivity index (χ1) is 8.97. The molecule has 1 aliphatic rings. The number of anilines is 1. The number of hydrogen-bond donors (Lipinski definition) is 1. The van der Waals surface area contributed by atoms with Gasteiger partial charge in [0.1, 0.15) is 0 Å². The van der Waals surface area contributed by atoms with Gasteiger partial charge in [0.25, 0.3) is 0 Å². The van der Waals surface area contributed by atoms with Crippen LogP contribution in [0.15, 0.2) is 29.2 Å². The van der Waals surface area contributed by atoms with Crippen molar-refractivity contribution in [2.75, 3.05) is 30.3 Å². The van der Waals surface area contributed by atoms with E-state index in [4.69, 9.17) is 5.73 Å². The third kappa shape index (κ3) is 4.12. The van der Waals surface area contributed by atoms with E-state index in [-0.39, 0.29) is 5.75 Å². The lowest BCUT2D eigenvalue weighted by Gasteiger charge is -2.15. The Labute approximate surface area is 119 Å². The van der Waals surface area contributed by atoms with Gasteiger partial charge in [-0.25, -0.2) is 12.7 Å². The average molecular weight is 300 g/mol. The quantitative estimate of drug-likeness (QED) is 0.667. The molecule has 2 N–H and O–H groups in total. The Hall–Kier alpha value is -0.720. The third-order valence-electron chi connectivity index (χ3n) is 3.25. The smallest absolute Gasteiger partial charge is 0.214 e. The number of nitrogens with zero attached hydrogens (tertiary/aromatic N) is 1. The predicted molar refractivity (Wildman–Crippen MR) is 80.7 cm³/mol. The Kier molecular flexibility index (Phi) is 4.76. The maximum atomic E-state index is 12.1. The summed E-state index contributed by atoms with van der Waals surface area (Å²) in [5, 5.41) is 0. The summed E-state index contributed by atoms with van der Waals surface area (Å²) in [6.45, 7) is 3.44. The second-order valence-corrected chi connectivity index (χ2v) is 8.25. The summed E-state index contributed by atoms with van der Waals surface area (Å²) in [5.74, 6) is 1.24. The lowest BCUT2D eigenvalue weighted by molar-refractivity contribution is 0.466. The van der Waals surface area contributed by atoms with E-state index in [1.807, 2.05) is 24.3 Å². The molecule has 0 amide bonds. The molecule has 19 heavy (non-hydrogen) atoms. The highest BCUT2D eigenvalue weighted by Crippen LogP contribution is 2.23. The van der Waals surface area contributed by atoms with E-state index in [2.05, 4.69) is 6.92 Å². The number of rotatable bonds is 5. The molecule has 1 aromatic rings. The van der Waals surface area contributed by atoms with Crippen molar-refractivity contribution in [2.45, 2.75) is 18.2 Å². The van der Waals surface area contributed by atoms with Crippen LogP contribution in [0.1, 0.15) is 13.3 Å². The van der Waals surface area contributed by atoms with Crippen LogP contribution in [-0.4, -0.2) is 37.3 Å². The van der Waals surface area contributed by atoms with E-state index >= 15 is 0 Å². The van der Waals surface area contributed by atoms with Gasteiger partial charge in [-0.2, -0.15) is 0 Å².